The summed E-state index contributed by atoms with van der Waals surface area (Å²) in [6.45, 7) is 2.15. The Balaban J connectivity index is 1.32. The second-order valence-electron chi connectivity index (χ2n) is 18.2. The molecule has 5 heterocycles. The molecule has 0 fully saturated rings. The maximum Gasteiger partial charge on any atom is 0.137 e. The molecule has 0 radical (unpaired) electrons. The smallest absolute Gasteiger partial charge is 0.137 e. The van der Waals surface area contributed by atoms with Crippen LogP contribution in [-0.2, 0) is 0 Å². The average Bonchev–Trinajstić information content (AvgIpc) is 4.21. The van der Waals surface area contributed by atoms with Gasteiger partial charge in [0.15, 0.2) is 0 Å². The standard InChI is InChI=1S/C63H36N6O/c1-37-17-16-25-44-42-22-6-13-30-53(42)68(58(37)44)62-48(36-65)59(66-49-26-9-2-18-38(49)39-19-3-10-27-50(39)66)47(35-64)61(67-51-28-11-4-20-40(51)41-21-5-12-29-52(41)67)63(62)69-54-31-14-7-23-43(54)45-33-34-56-57(60(45)69)46-24-8-15-32-55(46)70-56/h2-34H,1H3. The van der Waals surface area contributed by atoms with E-state index in [4.69, 9.17) is 4.42 Å². The van der Waals surface area contributed by atoms with E-state index in [1.165, 1.54) is 0 Å². The van der Waals surface area contributed by atoms with E-state index in [2.05, 4.69) is 213 Å². The van der Waals surface area contributed by atoms with Crippen molar-refractivity contribution in [1.29, 1.82) is 10.5 Å². The number of hydrogen-bond acceptors (Lipinski definition) is 3. The van der Waals surface area contributed by atoms with Gasteiger partial charge in [0.05, 0.1) is 72.3 Å². The van der Waals surface area contributed by atoms with E-state index in [-0.39, 0.29) is 0 Å². The lowest BCUT2D eigenvalue weighted by atomic mass is 9.98. The summed E-state index contributed by atoms with van der Waals surface area (Å²) in [7, 11) is 0. The first-order valence-electron chi connectivity index (χ1n) is 23.5. The second-order valence-corrected chi connectivity index (χ2v) is 18.2. The van der Waals surface area contributed by atoms with E-state index in [0.717, 1.165) is 115 Å². The van der Waals surface area contributed by atoms with Crippen LogP contribution in [0.15, 0.2) is 205 Å². The van der Waals surface area contributed by atoms with Crippen molar-refractivity contribution in [2.24, 2.45) is 0 Å². The van der Waals surface area contributed by atoms with Gasteiger partial charge in [0.25, 0.3) is 0 Å². The van der Waals surface area contributed by atoms with Crippen LogP contribution in [-0.4, -0.2) is 18.3 Å². The van der Waals surface area contributed by atoms with Crippen LogP contribution in [0.1, 0.15) is 16.7 Å². The average molecular weight is 893 g/mol. The molecule has 0 saturated heterocycles. The molecule has 0 atom stereocenters. The topological polar surface area (TPSA) is 80.4 Å². The maximum absolute atomic E-state index is 12.5. The summed E-state index contributed by atoms with van der Waals surface area (Å²) in [6, 6.07) is 75.2. The van der Waals surface area contributed by atoms with E-state index in [1.54, 1.807) is 0 Å². The Morgan fingerprint density at radius 2 is 0.686 bits per heavy atom. The van der Waals surface area contributed by atoms with E-state index < -0.39 is 0 Å². The Morgan fingerprint density at radius 3 is 1.19 bits per heavy atom. The summed E-state index contributed by atoms with van der Waals surface area (Å²) in [5.74, 6) is 0. The van der Waals surface area contributed by atoms with Gasteiger partial charge in [-0.3, -0.25) is 0 Å². The van der Waals surface area contributed by atoms with Crippen molar-refractivity contribution in [2.45, 2.75) is 6.92 Å². The molecular weight excluding hydrogens is 857 g/mol. The summed E-state index contributed by atoms with van der Waals surface area (Å²) in [5.41, 5.74) is 13.2. The third-order valence-corrected chi connectivity index (χ3v) is 14.7. The predicted molar refractivity (Wildman–Crippen MR) is 285 cm³/mol. The third-order valence-electron chi connectivity index (χ3n) is 14.7. The first kappa shape index (κ1) is 38.3. The number of para-hydroxylation sites is 8. The predicted octanol–water partition coefficient (Wildman–Crippen LogP) is 16.0. The van der Waals surface area contributed by atoms with Crippen LogP contribution in [0.2, 0.25) is 0 Å². The number of nitrogens with zero attached hydrogens (tertiary/aromatic N) is 6. The van der Waals surface area contributed by atoms with Crippen LogP contribution in [0.4, 0.5) is 0 Å². The normalized spacial score (nSPS) is 12.0. The van der Waals surface area contributed by atoms with Gasteiger partial charge in [0.1, 0.15) is 34.4 Å². The van der Waals surface area contributed by atoms with Gasteiger partial charge < -0.3 is 22.7 Å². The molecule has 15 aromatic rings. The highest BCUT2D eigenvalue weighted by Crippen LogP contribution is 2.50. The first-order valence-corrected chi connectivity index (χ1v) is 23.5. The number of furan rings is 1. The number of aromatic nitrogens is 4. The summed E-state index contributed by atoms with van der Waals surface area (Å²) in [4.78, 5) is 0. The Hall–Kier alpha value is -9.82. The lowest BCUT2D eigenvalue weighted by molar-refractivity contribution is 0.669. The fraction of sp³-hybridized carbons (Fsp3) is 0.0159. The summed E-state index contributed by atoms with van der Waals surface area (Å²) in [5, 5.41) is 35.1. The number of hydrogen-bond donors (Lipinski definition) is 0. The van der Waals surface area contributed by atoms with Crippen molar-refractivity contribution in [3.8, 4) is 34.9 Å². The van der Waals surface area contributed by atoms with Crippen molar-refractivity contribution in [3.05, 3.63) is 217 Å². The maximum atomic E-state index is 12.5. The number of fused-ring (bicyclic) bond motifs is 16. The highest BCUT2D eigenvalue weighted by Gasteiger charge is 2.35. The quantitative estimate of drug-likeness (QED) is 0.176. The Labute approximate surface area is 399 Å². The molecule has 0 aliphatic carbocycles. The van der Waals surface area contributed by atoms with Gasteiger partial charge in [-0.25, -0.2) is 0 Å². The minimum atomic E-state index is 0.362. The largest absolute Gasteiger partial charge is 0.456 e. The molecule has 0 unspecified atom stereocenters. The molecule has 10 aromatic carbocycles. The zero-order chi connectivity index (χ0) is 46.4. The molecular formula is C63H36N6O. The van der Waals surface area contributed by atoms with Crippen LogP contribution in [0, 0.1) is 29.6 Å². The SMILES string of the molecule is Cc1cccc2c3ccccc3n(-c3c(C#N)c(-n4c5ccccc5c5ccccc54)c(C#N)c(-n4c5ccccc5c5ccccc54)c3-n3c4ccccc4c4ccc5oc6ccccc6c5c43)c12. The second kappa shape index (κ2) is 14.1. The van der Waals surface area contributed by atoms with Crippen LogP contribution >= 0.6 is 0 Å². The van der Waals surface area contributed by atoms with Gasteiger partial charge in [-0.1, -0.05) is 146 Å². The van der Waals surface area contributed by atoms with Crippen molar-refractivity contribution in [1.82, 2.24) is 18.3 Å². The van der Waals surface area contributed by atoms with Crippen LogP contribution in [0.5, 0.6) is 0 Å². The van der Waals surface area contributed by atoms with Crippen LogP contribution in [0.3, 0.4) is 0 Å². The van der Waals surface area contributed by atoms with Gasteiger partial charge in [-0.15, -0.1) is 0 Å². The van der Waals surface area contributed by atoms with Crippen molar-refractivity contribution >= 4 is 109 Å². The molecule has 70 heavy (non-hydrogen) atoms. The Bertz CT molecular complexity index is 4770. The molecule has 0 bridgehead atoms. The fourth-order valence-electron chi connectivity index (χ4n) is 12.0. The van der Waals surface area contributed by atoms with Gasteiger partial charge in [-0.05, 0) is 67.1 Å². The number of aryl methyl sites for hydroxylation is 1. The minimum absolute atomic E-state index is 0.362. The van der Waals surface area contributed by atoms with Crippen LogP contribution < -0.4 is 0 Å². The number of benzene rings is 10. The molecule has 15 rings (SSSR count). The zero-order valence-electron chi connectivity index (χ0n) is 37.6. The number of rotatable bonds is 4. The lowest BCUT2D eigenvalue weighted by Crippen LogP contribution is -2.17. The van der Waals surface area contributed by atoms with E-state index in [9.17, 15) is 10.5 Å². The summed E-state index contributed by atoms with van der Waals surface area (Å²) in [6.07, 6.45) is 0. The third kappa shape index (κ3) is 4.84. The molecule has 0 saturated carbocycles. The Morgan fingerprint density at radius 1 is 0.314 bits per heavy atom. The van der Waals surface area contributed by atoms with Gasteiger partial charge in [-0.2, -0.15) is 10.5 Å². The number of nitriles is 2. The van der Waals surface area contributed by atoms with E-state index >= 15 is 0 Å². The zero-order valence-corrected chi connectivity index (χ0v) is 37.6. The minimum Gasteiger partial charge on any atom is -0.456 e. The van der Waals surface area contributed by atoms with Gasteiger partial charge in [0.2, 0.25) is 0 Å². The van der Waals surface area contributed by atoms with E-state index in [0.29, 0.717) is 33.9 Å². The monoisotopic (exact) mass is 892 g/mol. The molecule has 0 aliphatic rings. The molecule has 7 nitrogen and oxygen atoms in total. The lowest BCUT2D eigenvalue weighted by Gasteiger charge is -2.27. The molecule has 0 spiro atoms. The van der Waals surface area contributed by atoms with Crippen molar-refractivity contribution in [3.63, 3.8) is 0 Å². The van der Waals surface area contributed by atoms with Crippen molar-refractivity contribution < 1.29 is 4.42 Å². The molecule has 324 valence electrons. The van der Waals surface area contributed by atoms with Gasteiger partial charge in [0, 0.05) is 48.5 Å². The molecule has 0 amide bonds. The first-order chi connectivity index (χ1) is 34.6. The molecule has 0 N–H and O–H groups in total. The molecule has 5 aromatic heterocycles. The van der Waals surface area contributed by atoms with Crippen molar-refractivity contribution in [2.75, 3.05) is 0 Å². The Kier molecular flexibility index (Phi) is 7.72. The fourth-order valence-corrected chi connectivity index (χ4v) is 12.0. The molecule has 7 heteroatoms. The van der Waals surface area contributed by atoms with Crippen LogP contribution in [0.25, 0.3) is 132 Å². The molecule has 0 aliphatic heterocycles. The van der Waals surface area contributed by atoms with E-state index in [1.807, 2.05) is 24.3 Å². The highest BCUT2D eigenvalue weighted by atomic mass is 16.3. The highest BCUT2D eigenvalue weighted by molar-refractivity contribution is 6.25. The summed E-state index contributed by atoms with van der Waals surface area (Å²) >= 11 is 0. The summed E-state index contributed by atoms with van der Waals surface area (Å²) < 4.78 is 15.8. The van der Waals surface area contributed by atoms with Gasteiger partial charge >= 0.3 is 0 Å².